The first-order chi connectivity index (χ1) is 20.5. The van der Waals surface area contributed by atoms with E-state index in [0.717, 1.165) is 35.5 Å². The summed E-state index contributed by atoms with van der Waals surface area (Å²) in [6.45, 7) is 4.76. The van der Waals surface area contributed by atoms with Crippen LogP contribution in [-0.2, 0) is 4.79 Å². The first-order valence-electron chi connectivity index (χ1n) is 14.0. The van der Waals surface area contributed by atoms with E-state index in [-0.39, 0.29) is 17.9 Å². The molecule has 0 bridgehead atoms. The zero-order valence-electron chi connectivity index (χ0n) is 23.5. The summed E-state index contributed by atoms with van der Waals surface area (Å²) in [7, 11) is 0. The summed E-state index contributed by atoms with van der Waals surface area (Å²) in [6, 6.07) is 32.5. The third-order valence-electron chi connectivity index (χ3n) is 7.00. The highest BCUT2D eigenvalue weighted by Crippen LogP contribution is 2.38. The van der Waals surface area contributed by atoms with Crippen molar-refractivity contribution in [2.75, 3.05) is 22.5 Å². The molecule has 1 heterocycles. The van der Waals surface area contributed by atoms with E-state index in [1.165, 1.54) is 0 Å². The van der Waals surface area contributed by atoms with E-state index >= 15 is 0 Å². The van der Waals surface area contributed by atoms with Crippen molar-refractivity contribution < 1.29 is 9.59 Å². The van der Waals surface area contributed by atoms with Crippen LogP contribution in [0.3, 0.4) is 0 Å². The highest BCUT2D eigenvalue weighted by atomic mass is 32.1. The van der Waals surface area contributed by atoms with Crippen LogP contribution in [0.2, 0.25) is 0 Å². The Bertz CT molecular complexity index is 1620. The van der Waals surface area contributed by atoms with Crippen molar-refractivity contribution in [3.05, 3.63) is 125 Å². The van der Waals surface area contributed by atoms with Gasteiger partial charge < -0.3 is 26.6 Å². The molecule has 0 aromatic heterocycles. The number of thiocarbonyl (C=S) groups is 1. The number of rotatable bonds is 9. The lowest BCUT2D eigenvalue weighted by Crippen LogP contribution is -2.28. The van der Waals surface area contributed by atoms with Gasteiger partial charge in [-0.2, -0.15) is 0 Å². The summed E-state index contributed by atoms with van der Waals surface area (Å²) in [5, 5.41) is 16.4. The molecule has 1 atom stereocenters. The van der Waals surface area contributed by atoms with Gasteiger partial charge in [0.25, 0.3) is 11.8 Å². The second kappa shape index (κ2) is 13.1. The first-order valence-corrected chi connectivity index (χ1v) is 14.4. The molecule has 4 aromatic rings. The normalized spacial score (nSPS) is 13.8. The number of hydrogen-bond acceptors (Lipinski definition) is 4. The molecule has 2 amide bonds. The fourth-order valence-corrected chi connectivity index (χ4v) is 5.17. The minimum atomic E-state index is -0.237. The number of carbonyl (C=O) groups excluding carboxylic acids is 2. The van der Waals surface area contributed by atoms with Crippen molar-refractivity contribution >= 4 is 57.5 Å². The van der Waals surface area contributed by atoms with E-state index in [2.05, 4.69) is 26.6 Å². The van der Waals surface area contributed by atoms with E-state index in [0.29, 0.717) is 33.2 Å². The number of hydrogen-bond donors (Lipinski definition) is 5. The van der Waals surface area contributed by atoms with Gasteiger partial charge >= 0.3 is 0 Å². The molecule has 5 N–H and O–H groups in total. The Morgan fingerprint density at radius 1 is 0.810 bits per heavy atom. The van der Waals surface area contributed by atoms with Gasteiger partial charge in [0.15, 0.2) is 5.11 Å². The van der Waals surface area contributed by atoms with Crippen molar-refractivity contribution in [2.24, 2.45) is 0 Å². The molecule has 0 saturated carbocycles. The predicted octanol–water partition coefficient (Wildman–Crippen LogP) is 6.81. The van der Waals surface area contributed by atoms with Crippen molar-refractivity contribution in [1.82, 2.24) is 10.6 Å². The van der Waals surface area contributed by atoms with Crippen molar-refractivity contribution in [3.63, 3.8) is 0 Å². The van der Waals surface area contributed by atoms with E-state index in [9.17, 15) is 9.59 Å². The molecular formula is C34H33N5O2S. The third kappa shape index (κ3) is 6.50. The maximum atomic E-state index is 13.4. The molecule has 8 heteroatoms. The minimum Gasteiger partial charge on any atom is -0.363 e. The standard InChI is InChI=1S/C34H33N5O2S/c1-3-28(22-11-7-5-8-12-22)38-32(40)24-15-20-29-27(21-24)30(33(41)39-29)31(23-13-9-6-10-14-23)36-25-16-18-26(19-17-25)37-34(42)35-4-2/h5-21,28,36H,3-4H2,1-2H3,(H,38,40)(H,39,41)(H2,35,37,42)/b31-30-. The van der Waals surface area contributed by atoms with E-state index in [1.807, 2.05) is 98.8 Å². The molecule has 1 aliphatic rings. The van der Waals surface area contributed by atoms with Crippen molar-refractivity contribution in [1.29, 1.82) is 0 Å². The van der Waals surface area contributed by atoms with Gasteiger partial charge in [0.05, 0.1) is 17.3 Å². The summed E-state index contributed by atoms with van der Waals surface area (Å²) < 4.78 is 0. The molecule has 0 fully saturated rings. The fourth-order valence-electron chi connectivity index (χ4n) is 4.91. The lowest BCUT2D eigenvalue weighted by atomic mass is 9.98. The third-order valence-corrected chi connectivity index (χ3v) is 7.25. The highest BCUT2D eigenvalue weighted by Gasteiger charge is 2.29. The summed E-state index contributed by atoms with van der Waals surface area (Å²) in [4.78, 5) is 26.8. The molecule has 0 aliphatic carbocycles. The summed E-state index contributed by atoms with van der Waals surface area (Å²) in [6.07, 6.45) is 0.753. The molecule has 1 aliphatic heterocycles. The molecular weight excluding hydrogens is 542 g/mol. The maximum absolute atomic E-state index is 13.4. The zero-order valence-corrected chi connectivity index (χ0v) is 24.3. The van der Waals surface area contributed by atoms with E-state index in [1.54, 1.807) is 18.2 Å². The predicted molar refractivity (Wildman–Crippen MR) is 175 cm³/mol. The van der Waals surface area contributed by atoms with Crippen molar-refractivity contribution in [2.45, 2.75) is 26.3 Å². The van der Waals surface area contributed by atoms with E-state index in [4.69, 9.17) is 12.2 Å². The summed E-state index contributed by atoms with van der Waals surface area (Å²) >= 11 is 5.29. The number of amides is 2. The fraction of sp³-hybridized carbons (Fsp3) is 0.147. The average molecular weight is 576 g/mol. The van der Waals surface area contributed by atoms with Crippen LogP contribution in [0.4, 0.5) is 17.1 Å². The summed E-state index contributed by atoms with van der Waals surface area (Å²) in [5.41, 5.74) is 6.46. The highest BCUT2D eigenvalue weighted by molar-refractivity contribution is 7.80. The summed E-state index contributed by atoms with van der Waals surface area (Å²) in [5.74, 6) is -0.432. The van der Waals surface area contributed by atoms with Crippen LogP contribution >= 0.6 is 12.2 Å². The second-order valence-electron chi connectivity index (χ2n) is 9.86. The lowest BCUT2D eigenvalue weighted by molar-refractivity contribution is -0.110. The molecule has 212 valence electrons. The molecule has 7 nitrogen and oxygen atoms in total. The molecule has 4 aromatic carbocycles. The SMILES string of the molecule is CCNC(=S)Nc1ccc(N/C(=C2\C(=O)Nc3ccc(C(=O)NC(CC)c4ccccc4)cc32)c2ccccc2)cc1. The van der Waals surface area contributed by atoms with Crippen LogP contribution in [0.25, 0.3) is 11.3 Å². The molecule has 0 saturated heterocycles. The Kier molecular flexibility index (Phi) is 8.94. The van der Waals surface area contributed by atoms with Gasteiger partial charge in [0.2, 0.25) is 0 Å². The molecule has 42 heavy (non-hydrogen) atoms. The second-order valence-corrected chi connectivity index (χ2v) is 10.3. The van der Waals surface area contributed by atoms with Gasteiger partial charge in [-0.25, -0.2) is 0 Å². The zero-order chi connectivity index (χ0) is 29.5. The van der Waals surface area contributed by atoms with Gasteiger partial charge in [0.1, 0.15) is 0 Å². The van der Waals surface area contributed by atoms with E-state index < -0.39 is 0 Å². The van der Waals surface area contributed by atoms with Crippen LogP contribution < -0.4 is 26.6 Å². The van der Waals surface area contributed by atoms with Crippen LogP contribution in [0.15, 0.2) is 103 Å². The van der Waals surface area contributed by atoms with Crippen LogP contribution in [0.5, 0.6) is 0 Å². The van der Waals surface area contributed by atoms with Crippen molar-refractivity contribution in [3.8, 4) is 0 Å². The topological polar surface area (TPSA) is 94.3 Å². The average Bonchev–Trinajstić information content (AvgIpc) is 3.35. The molecule has 0 radical (unpaired) electrons. The smallest absolute Gasteiger partial charge is 0.258 e. The van der Waals surface area contributed by atoms with Crippen LogP contribution in [0.1, 0.15) is 53.4 Å². The molecule has 5 rings (SSSR count). The van der Waals surface area contributed by atoms with Gasteiger partial charge in [-0.05, 0) is 79.2 Å². The maximum Gasteiger partial charge on any atom is 0.258 e. The van der Waals surface area contributed by atoms with Crippen LogP contribution in [0, 0.1) is 0 Å². The number of carbonyl (C=O) groups is 2. The Labute approximate surface area is 251 Å². The number of fused-ring (bicyclic) bond motifs is 1. The monoisotopic (exact) mass is 575 g/mol. The van der Waals surface area contributed by atoms with Gasteiger partial charge in [-0.3, -0.25) is 9.59 Å². The lowest BCUT2D eigenvalue weighted by Gasteiger charge is -2.18. The van der Waals surface area contributed by atoms with Gasteiger partial charge in [-0.15, -0.1) is 0 Å². The molecule has 1 unspecified atom stereocenters. The van der Waals surface area contributed by atoms with Gasteiger partial charge in [0, 0.05) is 34.7 Å². The quantitative estimate of drug-likeness (QED) is 0.111. The minimum absolute atomic E-state index is 0.118. The number of anilines is 3. The Balaban J connectivity index is 1.48. The van der Waals surface area contributed by atoms with Crippen LogP contribution in [-0.4, -0.2) is 23.5 Å². The Morgan fingerprint density at radius 2 is 1.45 bits per heavy atom. The molecule has 0 spiro atoms. The largest absolute Gasteiger partial charge is 0.363 e. The number of benzene rings is 4. The Morgan fingerprint density at radius 3 is 2.10 bits per heavy atom. The first kappa shape index (κ1) is 28.6. The number of nitrogens with one attached hydrogen (secondary N) is 5. The Hall–Kier alpha value is -4.95. The van der Waals surface area contributed by atoms with Gasteiger partial charge in [-0.1, -0.05) is 67.6 Å².